The van der Waals surface area contributed by atoms with E-state index in [9.17, 15) is 19.0 Å². The summed E-state index contributed by atoms with van der Waals surface area (Å²) >= 11 is 0. The highest BCUT2D eigenvalue weighted by Crippen LogP contribution is 2.43. The van der Waals surface area contributed by atoms with Crippen LogP contribution in [0.2, 0.25) is 0 Å². The molecule has 0 rings (SSSR count). The molecule has 10 heteroatoms. The standard InChI is InChI=1S/C62H114NO8P/c1-6-8-10-12-14-16-18-20-22-24-25-26-27-28-29-30-31-32-33-34-35-36-37-39-40-42-44-46-48-50-52-54-61(64)68-58-60(59-70-72(66,67)69-57-56-63(3,4)5)71-62(65)55-53-51-49-47-45-43-41-38-23-21-19-17-15-13-11-9-7-2/h9,11,15,17,21,23,41,43,47,49,60H,6-8,10,12-14,16,18-20,22,24-40,42,44-46,48,50-59H2,1-5H3/p+1/b11-9-,17-15-,23-21-,43-41-,49-47-. The maximum absolute atomic E-state index is 12.8. The number of phosphoric ester groups is 1. The third-order valence-electron chi connectivity index (χ3n) is 13.1. The summed E-state index contributed by atoms with van der Waals surface area (Å²) in [5, 5.41) is 0. The third-order valence-corrected chi connectivity index (χ3v) is 14.0. The van der Waals surface area contributed by atoms with Crippen molar-refractivity contribution in [1.29, 1.82) is 0 Å². The van der Waals surface area contributed by atoms with Crippen LogP contribution in [0, 0.1) is 0 Å². The van der Waals surface area contributed by atoms with Gasteiger partial charge in [-0.25, -0.2) is 4.57 Å². The molecule has 0 aliphatic carbocycles. The monoisotopic (exact) mass is 1030 g/mol. The lowest BCUT2D eigenvalue weighted by atomic mass is 10.0. The smallest absolute Gasteiger partial charge is 0.462 e. The second-order valence-corrected chi connectivity index (χ2v) is 22.8. The number of carbonyl (C=O) groups is 2. The summed E-state index contributed by atoms with van der Waals surface area (Å²) in [5.41, 5.74) is 0. The molecule has 0 bridgehead atoms. The molecule has 9 nitrogen and oxygen atoms in total. The summed E-state index contributed by atoms with van der Waals surface area (Å²) in [7, 11) is 1.44. The van der Waals surface area contributed by atoms with Gasteiger partial charge in [-0.3, -0.25) is 18.6 Å². The van der Waals surface area contributed by atoms with Crippen molar-refractivity contribution in [2.75, 3.05) is 47.5 Å². The molecule has 0 aliphatic rings. The minimum absolute atomic E-state index is 0.0201. The zero-order chi connectivity index (χ0) is 52.7. The van der Waals surface area contributed by atoms with E-state index in [1.54, 1.807) is 0 Å². The van der Waals surface area contributed by atoms with Gasteiger partial charge in [0.15, 0.2) is 6.10 Å². The lowest BCUT2D eigenvalue weighted by Gasteiger charge is -2.24. The second-order valence-electron chi connectivity index (χ2n) is 21.4. The van der Waals surface area contributed by atoms with Gasteiger partial charge in [-0.15, -0.1) is 0 Å². The van der Waals surface area contributed by atoms with E-state index in [0.717, 1.165) is 51.4 Å². The van der Waals surface area contributed by atoms with Gasteiger partial charge in [0.25, 0.3) is 0 Å². The van der Waals surface area contributed by atoms with Crippen molar-refractivity contribution < 1.29 is 42.1 Å². The van der Waals surface area contributed by atoms with E-state index in [1.165, 1.54) is 180 Å². The van der Waals surface area contributed by atoms with Gasteiger partial charge in [0, 0.05) is 12.8 Å². The van der Waals surface area contributed by atoms with Gasteiger partial charge in [0.05, 0.1) is 27.7 Å². The normalized spacial score (nSPS) is 13.7. The van der Waals surface area contributed by atoms with Crippen molar-refractivity contribution in [2.45, 2.75) is 277 Å². The first-order chi connectivity index (χ1) is 35.0. The maximum Gasteiger partial charge on any atom is 0.472 e. The SMILES string of the molecule is CC/C=C\C/C=C\C/C=C\C/C=C\C/C=C\CCCC(=O)OC(COC(=O)CCCCCCCCCCCCCCCCCCCCCCCCCCCCCCCCC)COP(=O)(O)OCC[N+](C)(C)C. The fourth-order valence-corrected chi connectivity index (χ4v) is 9.21. The molecule has 0 saturated carbocycles. The fourth-order valence-electron chi connectivity index (χ4n) is 8.47. The summed E-state index contributed by atoms with van der Waals surface area (Å²) in [6.45, 7) is 4.28. The molecule has 0 aromatic carbocycles. The average molecular weight is 1030 g/mol. The molecule has 72 heavy (non-hydrogen) atoms. The van der Waals surface area contributed by atoms with Crippen molar-refractivity contribution in [3.63, 3.8) is 0 Å². The molecule has 1 N–H and O–H groups in total. The topological polar surface area (TPSA) is 108 Å². The molecule has 0 aromatic rings. The van der Waals surface area contributed by atoms with Crippen LogP contribution in [-0.4, -0.2) is 74.9 Å². The predicted octanol–water partition coefficient (Wildman–Crippen LogP) is 18.7. The van der Waals surface area contributed by atoms with Crippen LogP contribution >= 0.6 is 7.82 Å². The highest BCUT2D eigenvalue weighted by atomic mass is 31.2. The van der Waals surface area contributed by atoms with Crippen molar-refractivity contribution in [1.82, 2.24) is 0 Å². The van der Waals surface area contributed by atoms with E-state index in [1.807, 2.05) is 21.1 Å². The van der Waals surface area contributed by atoms with Crippen LogP contribution in [0.5, 0.6) is 0 Å². The summed E-state index contributed by atoms with van der Waals surface area (Å²) < 4.78 is 34.5. The average Bonchev–Trinajstić information content (AvgIpc) is 3.34. The number of nitrogens with zero attached hydrogens (tertiary/aromatic N) is 1. The Hall–Kier alpha value is -2.29. The molecule has 0 fully saturated rings. The number of ether oxygens (including phenoxy) is 2. The predicted molar refractivity (Wildman–Crippen MR) is 307 cm³/mol. The molecule has 0 aromatic heterocycles. The quantitative estimate of drug-likeness (QED) is 0.0211. The zero-order valence-corrected chi connectivity index (χ0v) is 48.6. The largest absolute Gasteiger partial charge is 0.472 e. The Morgan fingerprint density at radius 3 is 1.17 bits per heavy atom. The molecule has 2 unspecified atom stereocenters. The Labute approximate surface area is 445 Å². The van der Waals surface area contributed by atoms with Crippen LogP contribution in [0.4, 0.5) is 0 Å². The highest BCUT2D eigenvalue weighted by Gasteiger charge is 2.27. The van der Waals surface area contributed by atoms with E-state index >= 15 is 0 Å². The number of unbranched alkanes of at least 4 members (excludes halogenated alkanes) is 31. The third kappa shape index (κ3) is 57.0. The molecule has 0 heterocycles. The second kappa shape index (κ2) is 53.5. The van der Waals surface area contributed by atoms with E-state index in [0.29, 0.717) is 23.9 Å². The number of quaternary nitrogens is 1. The Bertz CT molecular complexity index is 1400. The number of rotatable bonds is 55. The van der Waals surface area contributed by atoms with Crippen LogP contribution in [0.1, 0.15) is 271 Å². The first-order valence-electron chi connectivity index (χ1n) is 30.0. The van der Waals surface area contributed by atoms with Gasteiger partial charge in [-0.1, -0.05) is 267 Å². The number of phosphoric acid groups is 1. The number of likely N-dealkylation sites (N-methyl/N-ethyl adjacent to an activating group) is 1. The summed E-state index contributed by atoms with van der Waals surface area (Å²) in [4.78, 5) is 35.6. The van der Waals surface area contributed by atoms with E-state index < -0.39 is 26.5 Å². The number of allylic oxidation sites excluding steroid dienone is 10. The van der Waals surface area contributed by atoms with E-state index in [-0.39, 0.29) is 32.0 Å². The van der Waals surface area contributed by atoms with Gasteiger partial charge < -0.3 is 18.9 Å². The van der Waals surface area contributed by atoms with Gasteiger partial charge >= 0.3 is 19.8 Å². The highest BCUT2D eigenvalue weighted by molar-refractivity contribution is 7.47. The minimum atomic E-state index is -4.40. The van der Waals surface area contributed by atoms with Crippen molar-refractivity contribution in [2.24, 2.45) is 0 Å². The van der Waals surface area contributed by atoms with Crippen LogP contribution in [0.25, 0.3) is 0 Å². The van der Waals surface area contributed by atoms with Crippen LogP contribution in [0.3, 0.4) is 0 Å². The Morgan fingerprint density at radius 2 is 0.792 bits per heavy atom. The van der Waals surface area contributed by atoms with Crippen LogP contribution in [0.15, 0.2) is 60.8 Å². The van der Waals surface area contributed by atoms with Crippen LogP contribution in [-0.2, 0) is 32.7 Å². The Kier molecular flexibility index (Phi) is 51.8. The summed E-state index contributed by atoms with van der Waals surface area (Å²) in [5.74, 6) is -0.858. The number of hydrogen-bond donors (Lipinski definition) is 1. The lowest BCUT2D eigenvalue weighted by molar-refractivity contribution is -0.870. The Balaban J connectivity index is 4.07. The molecule has 0 spiro atoms. The van der Waals surface area contributed by atoms with Crippen molar-refractivity contribution in [3.05, 3.63) is 60.8 Å². The van der Waals surface area contributed by atoms with Crippen molar-refractivity contribution in [3.8, 4) is 0 Å². The fraction of sp³-hybridized carbons (Fsp3) is 0.806. The minimum Gasteiger partial charge on any atom is -0.462 e. The van der Waals surface area contributed by atoms with Gasteiger partial charge in [-0.05, 0) is 51.4 Å². The molecule has 2 atom stereocenters. The molecule has 420 valence electrons. The maximum atomic E-state index is 12.8. The van der Waals surface area contributed by atoms with Gasteiger partial charge in [-0.2, -0.15) is 0 Å². The number of carbonyl (C=O) groups excluding carboxylic acids is 2. The first kappa shape index (κ1) is 69.7. The number of hydrogen-bond acceptors (Lipinski definition) is 7. The molecule has 0 amide bonds. The molecule has 0 saturated heterocycles. The molecule has 0 aliphatic heterocycles. The summed E-state index contributed by atoms with van der Waals surface area (Å²) in [6, 6.07) is 0. The van der Waals surface area contributed by atoms with E-state index in [4.69, 9.17) is 18.5 Å². The molecular weight excluding hydrogens is 918 g/mol. The van der Waals surface area contributed by atoms with E-state index in [2.05, 4.69) is 74.6 Å². The van der Waals surface area contributed by atoms with Crippen LogP contribution < -0.4 is 0 Å². The van der Waals surface area contributed by atoms with Crippen molar-refractivity contribution >= 4 is 19.8 Å². The lowest BCUT2D eigenvalue weighted by Crippen LogP contribution is -2.37. The molecule has 0 radical (unpaired) electrons. The first-order valence-corrected chi connectivity index (χ1v) is 31.5. The molecular formula is C62H115NO8P+. The number of esters is 2. The van der Waals surface area contributed by atoms with Gasteiger partial charge in [0.2, 0.25) is 0 Å². The summed E-state index contributed by atoms with van der Waals surface area (Å²) in [6.07, 6.45) is 69.0. The Morgan fingerprint density at radius 1 is 0.444 bits per heavy atom. The van der Waals surface area contributed by atoms with Gasteiger partial charge in [0.1, 0.15) is 19.8 Å². The zero-order valence-electron chi connectivity index (χ0n) is 47.7.